The van der Waals surface area contributed by atoms with E-state index in [4.69, 9.17) is 4.74 Å². The second-order valence-corrected chi connectivity index (χ2v) is 6.48. The van der Waals surface area contributed by atoms with E-state index >= 15 is 0 Å². The Balaban J connectivity index is 1.58. The molecule has 0 bridgehead atoms. The number of morpholine rings is 1. The quantitative estimate of drug-likeness (QED) is 0.850. The first-order valence-corrected chi connectivity index (χ1v) is 8.52. The van der Waals surface area contributed by atoms with Gasteiger partial charge in [-0.25, -0.2) is 4.39 Å². The number of nitrogens with zero attached hydrogens (tertiary/aromatic N) is 1. The van der Waals surface area contributed by atoms with E-state index in [9.17, 15) is 14.0 Å². The summed E-state index contributed by atoms with van der Waals surface area (Å²) in [6.45, 7) is 3.14. The molecule has 0 aromatic heterocycles. The molecule has 2 unspecified atom stereocenters. The number of piperidine rings is 1. The summed E-state index contributed by atoms with van der Waals surface area (Å²) in [5.74, 6) is -0.501. The molecule has 1 aromatic rings. The van der Waals surface area contributed by atoms with Gasteiger partial charge in [-0.15, -0.1) is 0 Å². The van der Waals surface area contributed by atoms with Crippen LogP contribution in [0.5, 0.6) is 0 Å². The molecule has 0 saturated carbocycles. The molecule has 2 aliphatic rings. The van der Waals surface area contributed by atoms with Crippen molar-refractivity contribution in [1.29, 1.82) is 0 Å². The van der Waals surface area contributed by atoms with Crippen molar-refractivity contribution in [3.63, 3.8) is 0 Å². The predicted octanol–water partition coefficient (Wildman–Crippen LogP) is 1.63. The number of hydrogen-bond donors (Lipinski definition) is 1. The van der Waals surface area contributed by atoms with Crippen molar-refractivity contribution in [3.8, 4) is 0 Å². The lowest BCUT2D eigenvalue weighted by Crippen LogP contribution is -2.47. The van der Waals surface area contributed by atoms with Crippen molar-refractivity contribution >= 4 is 11.7 Å². The smallest absolute Gasteiger partial charge is 0.224 e. The third-order valence-electron chi connectivity index (χ3n) is 4.69. The van der Waals surface area contributed by atoms with Crippen LogP contribution in [0.25, 0.3) is 0 Å². The molecule has 24 heavy (non-hydrogen) atoms. The van der Waals surface area contributed by atoms with Crippen LogP contribution in [-0.4, -0.2) is 55.5 Å². The van der Waals surface area contributed by atoms with E-state index in [1.807, 2.05) is 0 Å². The van der Waals surface area contributed by atoms with Gasteiger partial charge in [-0.1, -0.05) is 0 Å². The third kappa shape index (κ3) is 4.19. The van der Waals surface area contributed by atoms with Gasteiger partial charge in [0, 0.05) is 43.6 Å². The number of ether oxygens (including phenoxy) is 1. The Labute approximate surface area is 141 Å². The number of ketones is 1. The first-order chi connectivity index (χ1) is 11.6. The highest BCUT2D eigenvalue weighted by Gasteiger charge is 2.30. The molecule has 2 saturated heterocycles. The Hall–Kier alpha value is -1.79. The molecular weight excluding hydrogens is 311 g/mol. The van der Waals surface area contributed by atoms with Crippen LogP contribution in [0, 0.1) is 11.7 Å². The second kappa shape index (κ2) is 7.85. The van der Waals surface area contributed by atoms with Crippen LogP contribution >= 0.6 is 0 Å². The number of carbonyl (C=O) groups excluding carboxylic acids is 2. The molecule has 0 aliphatic carbocycles. The lowest BCUT2D eigenvalue weighted by molar-refractivity contribution is -0.133. The molecule has 1 N–H and O–H groups in total. The minimum absolute atomic E-state index is 0.00775. The Morgan fingerprint density at radius 3 is 2.79 bits per heavy atom. The molecule has 5 nitrogen and oxygen atoms in total. The average Bonchev–Trinajstić information content (AvgIpc) is 2.63. The minimum atomic E-state index is -0.353. The minimum Gasteiger partial charge on any atom is -0.378 e. The van der Waals surface area contributed by atoms with Crippen LogP contribution < -0.4 is 5.32 Å². The van der Waals surface area contributed by atoms with Gasteiger partial charge in [0.1, 0.15) is 5.82 Å². The summed E-state index contributed by atoms with van der Waals surface area (Å²) < 4.78 is 18.4. The summed E-state index contributed by atoms with van der Waals surface area (Å²) in [5, 5.41) is 3.28. The number of halogens is 1. The summed E-state index contributed by atoms with van der Waals surface area (Å²) in [5.41, 5.74) is 0.512. The van der Waals surface area contributed by atoms with Gasteiger partial charge in [0.15, 0.2) is 5.78 Å². The number of benzene rings is 1. The van der Waals surface area contributed by atoms with Crippen LogP contribution in [-0.2, 0) is 9.53 Å². The van der Waals surface area contributed by atoms with Crippen LogP contribution in [0.15, 0.2) is 24.3 Å². The number of carbonyl (C=O) groups is 2. The highest BCUT2D eigenvalue weighted by Crippen LogP contribution is 2.22. The Morgan fingerprint density at radius 2 is 2.08 bits per heavy atom. The van der Waals surface area contributed by atoms with E-state index in [0.717, 1.165) is 19.4 Å². The maximum atomic E-state index is 13.0. The van der Waals surface area contributed by atoms with E-state index < -0.39 is 0 Å². The monoisotopic (exact) mass is 334 g/mol. The fourth-order valence-corrected chi connectivity index (χ4v) is 3.36. The lowest BCUT2D eigenvalue weighted by atomic mass is 9.89. The normalized spacial score (nSPS) is 24.6. The van der Waals surface area contributed by atoms with Crippen LogP contribution in [0.1, 0.15) is 29.6 Å². The van der Waals surface area contributed by atoms with Crippen molar-refractivity contribution in [3.05, 3.63) is 35.6 Å². The second-order valence-electron chi connectivity index (χ2n) is 6.48. The van der Waals surface area contributed by atoms with Gasteiger partial charge >= 0.3 is 0 Å². The summed E-state index contributed by atoms with van der Waals surface area (Å²) in [6, 6.07) is 5.68. The maximum absolute atomic E-state index is 13.0. The molecular formula is C18H23FN2O3. The van der Waals surface area contributed by atoms with Crippen molar-refractivity contribution < 1.29 is 18.7 Å². The van der Waals surface area contributed by atoms with Crippen molar-refractivity contribution in [2.24, 2.45) is 5.92 Å². The highest BCUT2D eigenvalue weighted by molar-refractivity contribution is 5.98. The standard InChI is InChI=1S/C18H23FN2O3/c19-15-5-3-13(4-6-15)18(23)14-2-1-8-21(11-14)17(22)10-16-12-24-9-7-20-16/h3-6,14,16,20H,1-2,7-12H2. The van der Waals surface area contributed by atoms with Crippen LogP contribution in [0.4, 0.5) is 4.39 Å². The molecule has 0 spiro atoms. The van der Waals surface area contributed by atoms with Gasteiger partial charge in [0.05, 0.1) is 13.2 Å². The van der Waals surface area contributed by atoms with E-state index in [0.29, 0.717) is 38.3 Å². The van der Waals surface area contributed by atoms with Gasteiger partial charge < -0.3 is 15.0 Å². The number of amides is 1. The van der Waals surface area contributed by atoms with Gasteiger partial charge in [-0.3, -0.25) is 9.59 Å². The Bertz CT molecular complexity index is 584. The average molecular weight is 334 g/mol. The fourth-order valence-electron chi connectivity index (χ4n) is 3.36. The summed E-state index contributed by atoms with van der Waals surface area (Å²) in [7, 11) is 0. The Morgan fingerprint density at radius 1 is 1.29 bits per heavy atom. The molecule has 2 aliphatic heterocycles. The van der Waals surface area contributed by atoms with Gasteiger partial charge in [-0.05, 0) is 37.1 Å². The van der Waals surface area contributed by atoms with E-state index in [1.165, 1.54) is 24.3 Å². The molecule has 2 fully saturated rings. The van der Waals surface area contributed by atoms with Crippen LogP contribution in [0.2, 0.25) is 0 Å². The molecule has 0 radical (unpaired) electrons. The highest BCUT2D eigenvalue weighted by atomic mass is 19.1. The number of nitrogens with one attached hydrogen (secondary N) is 1. The van der Waals surface area contributed by atoms with E-state index in [2.05, 4.69) is 5.32 Å². The lowest BCUT2D eigenvalue weighted by Gasteiger charge is -2.33. The SMILES string of the molecule is O=C(c1ccc(F)cc1)C1CCCN(C(=O)CC2COCCN2)C1. The fraction of sp³-hybridized carbons (Fsp3) is 0.556. The van der Waals surface area contributed by atoms with Gasteiger partial charge in [0.2, 0.25) is 5.91 Å². The molecule has 2 atom stereocenters. The zero-order valence-corrected chi connectivity index (χ0v) is 13.7. The summed E-state index contributed by atoms with van der Waals surface area (Å²) in [4.78, 5) is 26.8. The number of likely N-dealkylation sites (tertiary alicyclic amines) is 1. The van der Waals surface area contributed by atoms with Crippen LogP contribution in [0.3, 0.4) is 0 Å². The van der Waals surface area contributed by atoms with Gasteiger partial charge in [-0.2, -0.15) is 0 Å². The third-order valence-corrected chi connectivity index (χ3v) is 4.69. The predicted molar refractivity (Wildman–Crippen MR) is 87.3 cm³/mol. The Kier molecular flexibility index (Phi) is 5.58. The van der Waals surface area contributed by atoms with E-state index in [1.54, 1.807) is 4.90 Å². The molecule has 6 heteroatoms. The number of Topliss-reactive ketones (excluding diaryl/α,β-unsaturated/α-hetero) is 1. The molecule has 2 heterocycles. The van der Waals surface area contributed by atoms with Gasteiger partial charge in [0.25, 0.3) is 0 Å². The summed E-state index contributed by atoms with van der Waals surface area (Å²) in [6.07, 6.45) is 1.99. The topological polar surface area (TPSA) is 58.6 Å². The maximum Gasteiger partial charge on any atom is 0.224 e. The zero-order chi connectivity index (χ0) is 16.9. The largest absolute Gasteiger partial charge is 0.378 e. The molecule has 130 valence electrons. The number of hydrogen-bond acceptors (Lipinski definition) is 4. The summed E-state index contributed by atoms with van der Waals surface area (Å²) >= 11 is 0. The molecule has 1 aromatic carbocycles. The van der Waals surface area contributed by atoms with Crippen molar-refractivity contribution in [2.75, 3.05) is 32.8 Å². The zero-order valence-electron chi connectivity index (χ0n) is 13.7. The first kappa shape index (κ1) is 17.0. The van der Waals surface area contributed by atoms with Crippen molar-refractivity contribution in [1.82, 2.24) is 10.2 Å². The first-order valence-electron chi connectivity index (χ1n) is 8.52. The molecule has 3 rings (SSSR count). The molecule has 1 amide bonds. The number of rotatable bonds is 4. The van der Waals surface area contributed by atoms with Crippen molar-refractivity contribution in [2.45, 2.75) is 25.3 Å². The van der Waals surface area contributed by atoms with E-state index in [-0.39, 0.29) is 29.5 Å².